The summed E-state index contributed by atoms with van der Waals surface area (Å²) in [4.78, 5) is 0. The molecule has 0 amide bonds. The molecule has 0 radical (unpaired) electrons. The van der Waals surface area contributed by atoms with Gasteiger partial charge in [0.1, 0.15) is 0 Å². The predicted octanol–water partition coefficient (Wildman–Crippen LogP) is 3.64. The Hall–Kier alpha value is -1.29. The van der Waals surface area contributed by atoms with Gasteiger partial charge in [-0.3, -0.25) is 0 Å². The Morgan fingerprint density at radius 3 is 3.12 bits per heavy atom. The Morgan fingerprint density at radius 2 is 2.35 bits per heavy atom. The average Bonchev–Trinajstić information content (AvgIpc) is 2.84. The molecule has 2 heterocycles. The highest BCUT2D eigenvalue weighted by Crippen LogP contribution is 2.49. The molecule has 4 heteroatoms. The van der Waals surface area contributed by atoms with E-state index in [9.17, 15) is 0 Å². The zero-order chi connectivity index (χ0) is 12.0. The van der Waals surface area contributed by atoms with Gasteiger partial charge in [0.25, 0.3) is 0 Å². The van der Waals surface area contributed by atoms with Crippen LogP contribution in [0.25, 0.3) is 11.3 Å². The minimum atomic E-state index is 0.0902. The maximum Gasteiger partial charge on any atom is 0.185 e. The lowest BCUT2D eigenvalue weighted by molar-refractivity contribution is 0.348. The van der Waals surface area contributed by atoms with E-state index < -0.39 is 0 Å². The molecule has 3 rings (SSSR count). The smallest absolute Gasteiger partial charge is 0.185 e. The van der Waals surface area contributed by atoms with Crippen molar-refractivity contribution in [3.05, 3.63) is 22.7 Å². The van der Waals surface area contributed by atoms with E-state index in [2.05, 4.69) is 24.4 Å². The first-order valence-corrected chi connectivity index (χ1v) is 6.70. The summed E-state index contributed by atoms with van der Waals surface area (Å²) >= 11 is 1.65. The second-order valence-corrected chi connectivity index (χ2v) is 5.83. The SMILES string of the molecule is CCOc1scc2c1-c1oncc1C(C)(C)C2. The van der Waals surface area contributed by atoms with Crippen molar-refractivity contribution in [2.45, 2.75) is 32.6 Å². The predicted molar refractivity (Wildman–Crippen MR) is 67.7 cm³/mol. The number of fused-ring (bicyclic) bond motifs is 3. The third kappa shape index (κ3) is 1.51. The highest BCUT2D eigenvalue weighted by Gasteiger charge is 2.36. The van der Waals surface area contributed by atoms with Gasteiger partial charge in [0.2, 0.25) is 0 Å². The zero-order valence-electron chi connectivity index (χ0n) is 10.2. The van der Waals surface area contributed by atoms with E-state index in [-0.39, 0.29) is 5.41 Å². The van der Waals surface area contributed by atoms with E-state index in [1.165, 1.54) is 11.1 Å². The molecule has 2 aromatic rings. The molecular formula is C13H15NO2S. The fourth-order valence-electron chi connectivity index (χ4n) is 2.45. The minimum Gasteiger partial charge on any atom is -0.484 e. The molecule has 0 aromatic carbocycles. The van der Waals surface area contributed by atoms with E-state index in [0.29, 0.717) is 6.61 Å². The van der Waals surface area contributed by atoms with E-state index in [4.69, 9.17) is 9.26 Å². The lowest BCUT2D eigenvalue weighted by Crippen LogP contribution is -2.23. The van der Waals surface area contributed by atoms with Crippen molar-refractivity contribution in [3.8, 4) is 16.4 Å². The average molecular weight is 249 g/mol. The molecule has 0 unspecified atom stereocenters. The first kappa shape index (κ1) is 10.8. The van der Waals surface area contributed by atoms with E-state index >= 15 is 0 Å². The number of hydrogen-bond donors (Lipinski definition) is 0. The summed E-state index contributed by atoms with van der Waals surface area (Å²) in [5.74, 6) is 0.890. The molecule has 1 aliphatic carbocycles. The van der Waals surface area contributed by atoms with E-state index in [1.54, 1.807) is 11.3 Å². The fourth-order valence-corrected chi connectivity index (χ4v) is 3.43. The molecule has 0 atom stereocenters. The highest BCUT2D eigenvalue weighted by atomic mass is 32.1. The standard InChI is InChI=1S/C13H15NO2S/c1-4-15-12-10-8(7-17-12)5-13(2,3)9-6-14-16-11(9)10/h6-7H,4-5H2,1-3H3. The van der Waals surface area contributed by atoms with Gasteiger partial charge in [-0.2, -0.15) is 0 Å². The molecular weight excluding hydrogens is 234 g/mol. The van der Waals surface area contributed by atoms with Crippen LogP contribution in [0.5, 0.6) is 5.06 Å². The number of aromatic nitrogens is 1. The monoisotopic (exact) mass is 249 g/mol. The first-order chi connectivity index (χ1) is 8.13. The fraction of sp³-hybridized carbons (Fsp3) is 0.462. The molecule has 0 fully saturated rings. The summed E-state index contributed by atoms with van der Waals surface area (Å²) < 4.78 is 11.1. The molecule has 3 nitrogen and oxygen atoms in total. The molecule has 0 saturated carbocycles. The van der Waals surface area contributed by atoms with Crippen LogP contribution in [0.1, 0.15) is 31.9 Å². The Balaban J connectivity index is 2.20. The summed E-state index contributed by atoms with van der Waals surface area (Å²) in [6, 6.07) is 0. The summed E-state index contributed by atoms with van der Waals surface area (Å²) in [5, 5.41) is 7.08. The molecule has 0 N–H and O–H groups in total. The van der Waals surface area contributed by atoms with Crippen molar-refractivity contribution in [2.24, 2.45) is 0 Å². The molecule has 1 aliphatic rings. The molecule has 17 heavy (non-hydrogen) atoms. The van der Waals surface area contributed by atoms with E-state index in [1.807, 2.05) is 13.1 Å². The molecule has 0 saturated heterocycles. The van der Waals surface area contributed by atoms with Gasteiger partial charge in [-0.05, 0) is 29.7 Å². The van der Waals surface area contributed by atoms with Crippen LogP contribution in [0.15, 0.2) is 16.1 Å². The first-order valence-electron chi connectivity index (χ1n) is 5.82. The zero-order valence-corrected chi connectivity index (χ0v) is 11.1. The minimum absolute atomic E-state index is 0.0902. The van der Waals surface area contributed by atoms with Crippen molar-refractivity contribution < 1.29 is 9.26 Å². The molecule has 0 aliphatic heterocycles. The van der Waals surface area contributed by atoms with Crippen LogP contribution in [-0.2, 0) is 11.8 Å². The normalized spacial score (nSPS) is 16.4. The maximum atomic E-state index is 5.67. The van der Waals surface area contributed by atoms with Gasteiger partial charge in [-0.15, -0.1) is 11.3 Å². The third-order valence-corrected chi connectivity index (χ3v) is 4.21. The molecule has 2 aromatic heterocycles. The number of hydrogen-bond acceptors (Lipinski definition) is 4. The van der Waals surface area contributed by atoms with Crippen LogP contribution in [0, 0.1) is 0 Å². The van der Waals surface area contributed by atoms with Crippen molar-refractivity contribution in [1.82, 2.24) is 5.16 Å². The summed E-state index contributed by atoms with van der Waals surface area (Å²) in [5.41, 5.74) is 3.70. The van der Waals surface area contributed by atoms with Crippen LogP contribution >= 0.6 is 11.3 Å². The van der Waals surface area contributed by atoms with Crippen LogP contribution in [-0.4, -0.2) is 11.8 Å². The summed E-state index contributed by atoms with van der Waals surface area (Å²) in [6.07, 6.45) is 2.85. The molecule has 90 valence electrons. The number of ether oxygens (including phenoxy) is 1. The van der Waals surface area contributed by atoms with Crippen molar-refractivity contribution in [3.63, 3.8) is 0 Å². The summed E-state index contributed by atoms with van der Waals surface area (Å²) in [7, 11) is 0. The Kier molecular flexibility index (Phi) is 2.30. The molecule has 0 bridgehead atoms. The van der Waals surface area contributed by atoms with Gasteiger partial charge >= 0.3 is 0 Å². The van der Waals surface area contributed by atoms with Crippen molar-refractivity contribution >= 4 is 11.3 Å². The van der Waals surface area contributed by atoms with Crippen molar-refractivity contribution in [1.29, 1.82) is 0 Å². The number of nitrogens with zero attached hydrogens (tertiary/aromatic N) is 1. The van der Waals surface area contributed by atoms with Gasteiger partial charge in [0, 0.05) is 5.56 Å². The summed E-state index contributed by atoms with van der Waals surface area (Å²) in [6.45, 7) is 7.13. The number of rotatable bonds is 2. The lowest BCUT2D eigenvalue weighted by Gasteiger charge is -2.28. The van der Waals surface area contributed by atoms with Gasteiger partial charge in [-0.25, -0.2) is 0 Å². The van der Waals surface area contributed by atoms with E-state index in [0.717, 1.165) is 22.8 Å². The number of thiophene rings is 1. The second-order valence-electron chi connectivity index (χ2n) is 4.99. The highest BCUT2D eigenvalue weighted by molar-refractivity contribution is 7.12. The third-order valence-electron chi connectivity index (χ3n) is 3.27. The van der Waals surface area contributed by atoms with Crippen LogP contribution in [0.2, 0.25) is 0 Å². The van der Waals surface area contributed by atoms with Gasteiger partial charge in [0.15, 0.2) is 10.8 Å². The van der Waals surface area contributed by atoms with Gasteiger partial charge in [0.05, 0.1) is 18.4 Å². The van der Waals surface area contributed by atoms with Gasteiger partial charge < -0.3 is 9.26 Å². The Bertz CT molecular complexity index is 554. The maximum absolute atomic E-state index is 5.67. The van der Waals surface area contributed by atoms with Crippen LogP contribution < -0.4 is 4.74 Å². The topological polar surface area (TPSA) is 35.3 Å². The van der Waals surface area contributed by atoms with Crippen LogP contribution in [0.4, 0.5) is 0 Å². The lowest BCUT2D eigenvalue weighted by atomic mass is 9.74. The largest absolute Gasteiger partial charge is 0.484 e. The Labute approximate surface area is 104 Å². The van der Waals surface area contributed by atoms with Crippen molar-refractivity contribution in [2.75, 3.05) is 6.61 Å². The Morgan fingerprint density at radius 1 is 1.53 bits per heavy atom. The quantitative estimate of drug-likeness (QED) is 0.815. The van der Waals surface area contributed by atoms with Gasteiger partial charge in [-0.1, -0.05) is 19.0 Å². The second kappa shape index (κ2) is 3.60. The van der Waals surface area contributed by atoms with Crippen LogP contribution in [0.3, 0.4) is 0 Å². The molecule has 0 spiro atoms.